The molecule has 4 rings (SSSR count). The van der Waals surface area contributed by atoms with Crippen molar-refractivity contribution in [2.24, 2.45) is 11.3 Å². The van der Waals surface area contributed by atoms with Crippen molar-refractivity contribution < 1.29 is 4.74 Å². The summed E-state index contributed by atoms with van der Waals surface area (Å²) in [7, 11) is 0. The summed E-state index contributed by atoms with van der Waals surface area (Å²) in [4.78, 5) is 4.74. The van der Waals surface area contributed by atoms with E-state index in [0.29, 0.717) is 17.4 Å². The second kappa shape index (κ2) is 7.17. The second-order valence-corrected chi connectivity index (χ2v) is 9.71. The summed E-state index contributed by atoms with van der Waals surface area (Å²) in [5.41, 5.74) is 4.73. The van der Waals surface area contributed by atoms with E-state index in [4.69, 9.17) is 14.8 Å². The first-order valence-corrected chi connectivity index (χ1v) is 10.5. The van der Waals surface area contributed by atoms with Gasteiger partial charge in [0.05, 0.1) is 18.0 Å². The molecule has 0 amide bonds. The van der Waals surface area contributed by atoms with Crippen molar-refractivity contribution >= 4 is 5.65 Å². The first-order valence-electron chi connectivity index (χ1n) is 10.5. The van der Waals surface area contributed by atoms with Gasteiger partial charge in [-0.25, -0.2) is 9.50 Å². The summed E-state index contributed by atoms with van der Waals surface area (Å²) in [6.07, 6.45) is 5.11. The number of nitrogens with zero attached hydrogens (tertiary/aromatic N) is 3. The van der Waals surface area contributed by atoms with Crippen LogP contribution in [0.3, 0.4) is 0 Å². The molecule has 0 radical (unpaired) electrons. The van der Waals surface area contributed by atoms with Crippen molar-refractivity contribution in [1.29, 1.82) is 0 Å². The van der Waals surface area contributed by atoms with Crippen LogP contribution in [0.4, 0.5) is 0 Å². The zero-order valence-corrected chi connectivity index (χ0v) is 17.5. The van der Waals surface area contributed by atoms with Crippen LogP contribution in [0.15, 0.2) is 12.1 Å². The van der Waals surface area contributed by atoms with E-state index in [1.54, 1.807) is 0 Å². The second-order valence-electron chi connectivity index (χ2n) is 9.71. The van der Waals surface area contributed by atoms with Crippen molar-refractivity contribution in [3.05, 3.63) is 29.2 Å². The fourth-order valence-corrected chi connectivity index (χ4v) is 4.71. The van der Waals surface area contributed by atoms with E-state index in [2.05, 4.69) is 52.1 Å². The number of nitrogens with one attached hydrogen (secondary N) is 1. The van der Waals surface area contributed by atoms with Crippen LogP contribution in [0.5, 0.6) is 0 Å². The van der Waals surface area contributed by atoms with Crippen molar-refractivity contribution in [2.75, 3.05) is 13.2 Å². The average molecular weight is 371 g/mol. The van der Waals surface area contributed by atoms with Crippen LogP contribution < -0.4 is 5.32 Å². The molecule has 1 saturated heterocycles. The van der Waals surface area contributed by atoms with Gasteiger partial charge in [-0.15, -0.1) is 0 Å². The van der Waals surface area contributed by atoms with Gasteiger partial charge in [-0.1, -0.05) is 20.8 Å². The molecule has 1 aliphatic carbocycles. The third kappa shape index (κ3) is 3.90. The van der Waals surface area contributed by atoms with Gasteiger partial charge in [0.25, 0.3) is 0 Å². The topological polar surface area (TPSA) is 51.5 Å². The Morgan fingerprint density at radius 2 is 1.89 bits per heavy atom. The van der Waals surface area contributed by atoms with Crippen molar-refractivity contribution in [2.45, 2.75) is 78.4 Å². The Labute approximate surface area is 162 Å². The highest BCUT2D eigenvalue weighted by atomic mass is 16.5. The van der Waals surface area contributed by atoms with Crippen LogP contribution in [-0.4, -0.2) is 33.8 Å². The van der Waals surface area contributed by atoms with Gasteiger partial charge in [0.2, 0.25) is 0 Å². The zero-order valence-electron chi connectivity index (χ0n) is 17.5. The molecule has 0 spiro atoms. The standard InChI is InChI=1S/C22H34N4O/c1-14-10-19(20-12-23-15(2)13-27-20)26-21(24-14)11-18(25-26)16-6-8-17(9-7-16)22(3,4)5/h10-11,15-17,20,23H,6-9,12-13H2,1-5H3/t15-,16?,17?,20+/m0/s1. The average Bonchev–Trinajstić information content (AvgIpc) is 3.05. The Morgan fingerprint density at radius 1 is 1.15 bits per heavy atom. The van der Waals surface area contributed by atoms with Crippen molar-refractivity contribution in [3.63, 3.8) is 0 Å². The Morgan fingerprint density at radius 3 is 2.52 bits per heavy atom. The third-order valence-corrected chi connectivity index (χ3v) is 6.50. The largest absolute Gasteiger partial charge is 0.369 e. The van der Waals surface area contributed by atoms with E-state index in [1.807, 2.05) is 4.52 Å². The van der Waals surface area contributed by atoms with Gasteiger partial charge in [0, 0.05) is 30.3 Å². The molecule has 2 fully saturated rings. The monoisotopic (exact) mass is 370 g/mol. The maximum atomic E-state index is 6.09. The van der Waals surface area contributed by atoms with Gasteiger partial charge in [-0.3, -0.25) is 0 Å². The number of fused-ring (bicyclic) bond motifs is 1. The molecule has 1 aliphatic heterocycles. The van der Waals surface area contributed by atoms with E-state index in [1.165, 1.54) is 31.4 Å². The van der Waals surface area contributed by atoms with Crippen molar-refractivity contribution in [3.8, 4) is 0 Å². The molecule has 5 nitrogen and oxygen atoms in total. The summed E-state index contributed by atoms with van der Waals surface area (Å²) in [5, 5.41) is 8.52. The maximum absolute atomic E-state index is 6.09. The highest BCUT2D eigenvalue weighted by Crippen LogP contribution is 2.43. The van der Waals surface area contributed by atoms with Crippen LogP contribution in [0, 0.1) is 18.3 Å². The molecule has 1 saturated carbocycles. The predicted octanol–water partition coefficient (Wildman–Crippen LogP) is 4.41. The van der Waals surface area contributed by atoms with Gasteiger partial charge in [-0.05, 0) is 56.9 Å². The Kier molecular flexibility index (Phi) is 5.02. The minimum atomic E-state index is 0.0368. The van der Waals surface area contributed by atoms with E-state index in [0.717, 1.165) is 36.1 Å². The lowest BCUT2D eigenvalue weighted by Gasteiger charge is -2.36. The van der Waals surface area contributed by atoms with Gasteiger partial charge < -0.3 is 10.1 Å². The smallest absolute Gasteiger partial charge is 0.155 e. The molecule has 0 unspecified atom stereocenters. The lowest BCUT2D eigenvalue weighted by molar-refractivity contribution is 0.00325. The van der Waals surface area contributed by atoms with E-state index in [-0.39, 0.29) is 6.10 Å². The molecule has 2 aliphatic rings. The zero-order chi connectivity index (χ0) is 19.2. The molecule has 0 bridgehead atoms. The highest BCUT2D eigenvalue weighted by molar-refractivity contribution is 5.43. The first kappa shape index (κ1) is 18.9. The fourth-order valence-electron chi connectivity index (χ4n) is 4.71. The Hall–Kier alpha value is -1.46. The first-order chi connectivity index (χ1) is 12.8. The summed E-state index contributed by atoms with van der Waals surface area (Å²) in [6.45, 7) is 12.9. The fraction of sp³-hybridized carbons (Fsp3) is 0.727. The molecule has 5 heteroatoms. The Bertz CT molecular complexity index is 790. The number of rotatable bonds is 2. The number of ether oxygens (including phenoxy) is 1. The van der Waals surface area contributed by atoms with Gasteiger partial charge in [0.15, 0.2) is 5.65 Å². The number of hydrogen-bond acceptors (Lipinski definition) is 4. The Balaban J connectivity index is 1.58. The third-order valence-electron chi connectivity index (χ3n) is 6.50. The highest BCUT2D eigenvalue weighted by Gasteiger charge is 2.31. The van der Waals surface area contributed by atoms with E-state index < -0.39 is 0 Å². The summed E-state index contributed by atoms with van der Waals surface area (Å²) in [5.74, 6) is 1.38. The molecule has 2 aromatic heterocycles. The van der Waals surface area contributed by atoms with Gasteiger partial charge in [-0.2, -0.15) is 5.10 Å². The minimum Gasteiger partial charge on any atom is -0.369 e. The van der Waals surface area contributed by atoms with Crippen molar-refractivity contribution in [1.82, 2.24) is 19.9 Å². The quantitative estimate of drug-likeness (QED) is 0.851. The summed E-state index contributed by atoms with van der Waals surface area (Å²) >= 11 is 0. The normalized spacial score (nSPS) is 30.0. The van der Waals surface area contributed by atoms with E-state index in [9.17, 15) is 0 Å². The molecule has 27 heavy (non-hydrogen) atoms. The van der Waals surface area contributed by atoms with Gasteiger partial charge >= 0.3 is 0 Å². The predicted molar refractivity (Wildman–Crippen MR) is 108 cm³/mol. The number of aromatic nitrogens is 3. The van der Waals surface area contributed by atoms with Crippen LogP contribution >= 0.6 is 0 Å². The van der Waals surface area contributed by atoms with E-state index >= 15 is 0 Å². The van der Waals surface area contributed by atoms with Crippen LogP contribution in [0.2, 0.25) is 0 Å². The lowest BCUT2D eigenvalue weighted by atomic mass is 9.69. The molecule has 2 aromatic rings. The molecule has 0 aromatic carbocycles. The lowest BCUT2D eigenvalue weighted by Crippen LogP contribution is -2.41. The molecule has 2 atom stereocenters. The molecular formula is C22H34N4O. The number of hydrogen-bond donors (Lipinski definition) is 1. The SMILES string of the molecule is Cc1cc([C@H]2CN[C@@H](C)CO2)n2nc(C3CCC(C(C)(C)C)CC3)cc2n1. The van der Waals surface area contributed by atoms with Crippen LogP contribution in [0.25, 0.3) is 5.65 Å². The van der Waals surface area contributed by atoms with Gasteiger partial charge in [0.1, 0.15) is 6.10 Å². The summed E-state index contributed by atoms with van der Waals surface area (Å²) < 4.78 is 8.12. The summed E-state index contributed by atoms with van der Waals surface area (Å²) in [6, 6.07) is 4.74. The molecular weight excluding hydrogens is 336 g/mol. The minimum absolute atomic E-state index is 0.0368. The van der Waals surface area contributed by atoms with Crippen LogP contribution in [-0.2, 0) is 4.74 Å². The van der Waals surface area contributed by atoms with Crippen LogP contribution in [0.1, 0.15) is 82.5 Å². The number of aryl methyl sites for hydroxylation is 1. The molecule has 148 valence electrons. The number of morpholine rings is 1. The molecule has 1 N–H and O–H groups in total. The molecule has 3 heterocycles. The maximum Gasteiger partial charge on any atom is 0.155 e.